The van der Waals surface area contributed by atoms with Crippen LogP contribution in [-0.4, -0.2) is 49.1 Å². The van der Waals surface area contributed by atoms with Gasteiger partial charge in [0.15, 0.2) is 0 Å². The third-order valence-electron chi connectivity index (χ3n) is 6.18. The number of urea groups is 1. The second kappa shape index (κ2) is 9.92. The highest BCUT2D eigenvalue weighted by molar-refractivity contribution is 5.91. The van der Waals surface area contributed by atoms with Crippen LogP contribution in [0, 0.1) is 5.92 Å². The van der Waals surface area contributed by atoms with Crippen molar-refractivity contribution in [1.82, 2.24) is 20.9 Å². The van der Waals surface area contributed by atoms with Crippen LogP contribution in [0.5, 0.6) is 0 Å². The van der Waals surface area contributed by atoms with Gasteiger partial charge in [-0.15, -0.1) is 0 Å². The summed E-state index contributed by atoms with van der Waals surface area (Å²) in [5, 5.41) is 8.67. The van der Waals surface area contributed by atoms with Crippen molar-refractivity contribution >= 4 is 11.9 Å². The molecule has 3 rings (SSSR count). The Hall–Kier alpha value is -2.08. The number of nitrogens with one attached hydrogen (secondary N) is 3. The molecule has 28 heavy (non-hydrogen) atoms. The van der Waals surface area contributed by atoms with Gasteiger partial charge < -0.3 is 16.0 Å². The Bertz CT molecular complexity index is 643. The van der Waals surface area contributed by atoms with Gasteiger partial charge in [-0.25, -0.2) is 4.79 Å². The van der Waals surface area contributed by atoms with E-state index in [1.807, 2.05) is 0 Å². The zero-order chi connectivity index (χ0) is 19.8. The predicted octanol–water partition coefficient (Wildman–Crippen LogP) is 2.65. The van der Waals surface area contributed by atoms with E-state index in [0.29, 0.717) is 12.5 Å². The summed E-state index contributed by atoms with van der Waals surface area (Å²) in [6.07, 6.45) is 6.68. The lowest BCUT2D eigenvalue weighted by atomic mass is 9.81. The van der Waals surface area contributed by atoms with Crippen LogP contribution >= 0.6 is 0 Å². The minimum atomic E-state index is -0.739. The van der Waals surface area contributed by atoms with Crippen molar-refractivity contribution in [3.05, 3.63) is 35.9 Å². The second-order valence-electron chi connectivity index (χ2n) is 8.27. The lowest BCUT2D eigenvalue weighted by Gasteiger charge is -2.36. The van der Waals surface area contributed by atoms with Crippen LogP contribution in [-0.2, 0) is 11.3 Å². The normalized spacial score (nSPS) is 21.8. The third-order valence-corrected chi connectivity index (χ3v) is 6.18. The molecule has 1 saturated heterocycles. The molecule has 3 N–H and O–H groups in total. The molecule has 6 heteroatoms. The molecule has 154 valence electrons. The van der Waals surface area contributed by atoms with Crippen LogP contribution in [0.15, 0.2) is 30.3 Å². The Morgan fingerprint density at radius 3 is 2.61 bits per heavy atom. The summed E-state index contributed by atoms with van der Waals surface area (Å²) in [5.41, 5.74) is 0.615. The Morgan fingerprint density at radius 1 is 1.14 bits per heavy atom. The summed E-state index contributed by atoms with van der Waals surface area (Å²) < 4.78 is 0. The number of carbonyl (C=O) groups is 2. The molecule has 2 fully saturated rings. The first-order chi connectivity index (χ1) is 13.6. The van der Waals surface area contributed by atoms with Gasteiger partial charge in [-0.05, 0) is 43.7 Å². The van der Waals surface area contributed by atoms with Gasteiger partial charge >= 0.3 is 6.03 Å². The Morgan fingerprint density at radius 2 is 1.89 bits per heavy atom. The van der Waals surface area contributed by atoms with Crippen molar-refractivity contribution in [2.24, 2.45) is 5.92 Å². The van der Waals surface area contributed by atoms with Gasteiger partial charge in [-0.3, -0.25) is 9.69 Å². The van der Waals surface area contributed by atoms with E-state index in [0.717, 1.165) is 58.2 Å². The maximum Gasteiger partial charge on any atom is 0.315 e. The molecule has 1 aliphatic heterocycles. The van der Waals surface area contributed by atoms with Gasteiger partial charge in [-0.1, -0.05) is 49.6 Å². The number of carbonyl (C=O) groups excluding carboxylic acids is 2. The SMILES string of the molecule is CNC(=O)C1(NC(=O)NCCC2CCN(Cc3ccccc3)C2)CCCCC1. The van der Waals surface area contributed by atoms with Crippen LogP contribution < -0.4 is 16.0 Å². The highest BCUT2D eigenvalue weighted by atomic mass is 16.2. The largest absolute Gasteiger partial charge is 0.357 e. The number of rotatable bonds is 7. The van der Waals surface area contributed by atoms with E-state index in [4.69, 9.17) is 0 Å². The first-order valence-electron chi connectivity index (χ1n) is 10.7. The molecular weight excluding hydrogens is 352 g/mol. The van der Waals surface area contributed by atoms with Gasteiger partial charge in [0, 0.05) is 26.7 Å². The summed E-state index contributed by atoms with van der Waals surface area (Å²) in [6, 6.07) is 10.4. The van der Waals surface area contributed by atoms with Gasteiger partial charge in [0.25, 0.3) is 0 Å². The zero-order valence-electron chi connectivity index (χ0n) is 17.0. The van der Waals surface area contributed by atoms with Gasteiger partial charge in [-0.2, -0.15) is 0 Å². The number of likely N-dealkylation sites (tertiary alicyclic amines) is 1. The molecular formula is C22H34N4O2. The van der Waals surface area contributed by atoms with Crippen LogP contribution in [0.3, 0.4) is 0 Å². The van der Waals surface area contributed by atoms with Gasteiger partial charge in [0.1, 0.15) is 5.54 Å². The third kappa shape index (κ3) is 5.47. The highest BCUT2D eigenvalue weighted by Gasteiger charge is 2.40. The molecule has 1 saturated carbocycles. The molecule has 0 radical (unpaired) electrons. The van der Waals surface area contributed by atoms with E-state index in [1.165, 1.54) is 12.0 Å². The Balaban J connectivity index is 1.38. The van der Waals surface area contributed by atoms with E-state index in [1.54, 1.807) is 7.05 Å². The molecule has 0 bridgehead atoms. The number of hydrogen-bond acceptors (Lipinski definition) is 3. The molecule has 1 aromatic rings. The van der Waals surface area contributed by atoms with Crippen molar-refractivity contribution in [3.8, 4) is 0 Å². The van der Waals surface area contributed by atoms with E-state index in [-0.39, 0.29) is 11.9 Å². The van der Waals surface area contributed by atoms with Crippen molar-refractivity contribution in [2.45, 2.75) is 57.0 Å². The number of likely N-dealkylation sites (N-methyl/N-ethyl adjacent to an activating group) is 1. The van der Waals surface area contributed by atoms with Gasteiger partial charge in [0.2, 0.25) is 5.91 Å². The minimum Gasteiger partial charge on any atom is -0.357 e. The highest BCUT2D eigenvalue weighted by Crippen LogP contribution is 2.28. The standard InChI is InChI=1S/C22H34N4O2/c1-23-20(27)22(12-6-3-7-13-22)25-21(28)24-14-10-19-11-15-26(17-19)16-18-8-4-2-5-9-18/h2,4-5,8-9,19H,3,6-7,10-17H2,1H3,(H,23,27)(H2,24,25,28). The van der Waals surface area contributed by atoms with Gasteiger partial charge in [0.05, 0.1) is 0 Å². The molecule has 1 unspecified atom stereocenters. The first kappa shape index (κ1) is 20.6. The fraction of sp³-hybridized carbons (Fsp3) is 0.636. The molecule has 0 aromatic heterocycles. The summed E-state index contributed by atoms with van der Waals surface area (Å²) in [7, 11) is 1.64. The van der Waals surface area contributed by atoms with Crippen molar-refractivity contribution < 1.29 is 9.59 Å². The van der Waals surface area contributed by atoms with E-state index in [2.05, 4.69) is 51.2 Å². The van der Waals surface area contributed by atoms with Crippen LogP contribution in [0.25, 0.3) is 0 Å². The van der Waals surface area contributed by atoms with Crippen LogP contribution in [0.4, 0.5) is 4.79 Å². The number of nitrogens with zero attached hydrogens (tertiary/aromatic N) is 1. The van der Waals surface area contributed by atoms with Crippen molar-refractivity contribution in [2.75, 3.05) is 26.7 Å². The molecule has 1 aromatic carbocycles. The molecule has 6 nitrogen and oxygen atoms in total. The summed E-state index contributed by atoms with van der Waals surface area (Å²) >= 11 is 0. The number of hydrogen-bond donors (Lipinski definition) is 3. The fourth-order valence-corrected chi connectivity index (χ4v) is 4.59. The number of benzene rings is 1. The predicted molar refractivity (Wildman–Crippen MR) is 111 cm³/mol. The maximum atomic E-state index is 12.4. The van der Waals surface area contributed by atoms with Crippen molar-refractivity contribution in [3.63, 3.8) is 0 Å². The summed E-state index contributed by atoms with van der Waals surface area (Å²) in [6.45, 7) is 3.85. The molecule has 1 heterocycles. The van der Waals surface area contributed by atoms with E-state index >= 15 is 0 Å². The van der Waals surface area contributed by atoms with Crippen molar-refractivity contribution in [1.29, 1.82) is 0 Å². The maximum absolute atomic E-state index is 12.4. The Kier molecular flexibility index (Phi) is 7.31. The monoisotopic (exact) mass is 386 g/mol. The fourth-order valence-electron chi connectivity index (χ4n) is 4.59. The quantitative estimate of drug-likeness (QED) is 0.674. The van der Waals surface area contributed by atoms with E-state index in [9.17, 15) is 9.59 Å². The molecule has 1 aliphatic carbocycles. The zero-order valence-corrected chi connectivity index (χ0v) is 17.0. The summed E-state index contributed by atoms with van der Waals surface area (Å²) in [5.74, 6) is 0.543. The molecule has 0 spiro atoms. The first-order valence-corrected chi connectivity index (χ1v) is 10.7. The molecule has 3 amide bonds. The van der Waals surface area contributed by atoms with Crippen LogP contribution in [0.1, 0.15) is 50.5 Å². The van der Waals surface area contributed by atoms with E-state index < -0.39 is 5.54 Å². The average Bonchev–Trinajstić information content (AvgIpc) is 3.16. The smallest absolute Gasteiger partial charge is 0.315 e. The van der Waals surface area contributed by atoms with Crippen LogP contribution in [0.2, 0.25) is 0 Å². The summed E-state index contributed by atoms with van der Waals surface area (Å²) in [4.78, 5) is 27.2. The average molecular weight is 387 g/mol. The second-order valence-corrected chi connectivity index (χ2v) is 8.27. The lowest BCUT2D eigenvalue weighted by Crippen LogP contribution is -2.61. The Labute approximate surface area is 168 Å². The lowest BCUT2D eigenvalue weighted by molar-refractivity contribution is -0.128. The number of amides is 3. The molecule has 2 aliphatic rings. The minimum absolute atomic E-state index is 0.0744. The topological polar surface area (TPSA) is 73.5 Å². The molecule has 1 atom stereocenters.